The lowest BCUT2D eigenvalue weighted by molar-refractivity contribution is -0.119. The molecule has 0 bridgehead atoms. The van der Waals surface area contributed by atoms with Crippen molar-refractivity contribution in [2.45, 2.75) is 18.9 Å². The number of amides is 2. The summed E-state index contributed by atoms with van der Waals surface area (Å²) >= 11 is 1.42. The number of hydrogen-bond acceptors (Lipinski definition) is 6. The molecule has 152 valence electrons. The Bertz CT molecular complexity index is 1160. The van der Waals surface area contributed by atoms with Gasteiger partial charge in [-0.15, -0.1) is 11.3 Å². The molecule has 0 spiro atoms. The van der Waals surface area contributed by atoms with Crippen molar-refractivity contribution >= 4 is 28.3 Å². The molecule has 3 aromatic rings. The smallest absolute Gasteiger partial charge is 0.254 e. The maximum atomic E-state index is 13.5. The van der Waals surface area contributed by atoms with Gasteiger partial charge in [0.1, 0.15) is 0 Å². The van der Waals surface area contributed by atoms with Gasteiger partial charge in [0.25, 0.3) is 5.91 Å². The van der Waals surface area contributed by atoms with Crippen molar-refractivity contribution in [3.05, 3.63) is 70.2 Å². The first-order valence-electron chi connectivity index (χ1n) is 9.52. The van der Waals surface area contributed by atoms with Crippen LogP contribution < -0.4 is 14.8 Å². The largest absolute Gasteiger partial charge is 0.454 e. The van der Waals surface area contributed by atoms with Crippen molar-refractivity contribution in [1.82, 2.24) is 9.88 Å². The molecule has 0 radical (unpaired) electrons. The third-order valence-electron chi connectivity index (χ3n) is 5.45. The maximum Gasteiger partial charge on any atom is 0.254 e. The van der Waals surface area contributed by atoms with Crippen LogP contribution in [-0.2, 0) is 4.79 Å². The molecular weight excluding hydrogens is 402 g/mol. The van der Waals surface area contributed by atoms with E-state index in [9.17, 15) is 9.59 Å². The van der Waals surface area contributed by atoms with Gasteiger partial charge >= 0.3 is 0 Å². The van der Waals surface area contributed by atoms with E-state index in [1.54, 1.807) is 24.2 Å². The lowest BCUT2D eigenvalue weighted by Crippen LogP contribution is -2.44. The molecule has 0 unspecified atom stereocenters. The number of aromatic nitrogens is 1. The fourth-order valence-electron chi connectivity index (χ4n) is 4.07. The van der Waals surface area contributed by atoms with Crippen molar-refractivity contribution in [3.63, 3.8) is 0 Å². The van der Waals surface area contributed by atoms with Crippen molar-refractivity contribution < 1.29 is 19.1 Å². The number of aryl methyl sites for hydroxylation is 1. The Morgan fingerprint density at radius 3 is 2.80 bits per heavy atom. The molecule has 0 saturated carbocycles. The van der Waals surface area contributed by atoms with E-state index in [2.05, 4.69) is 10.3 Å². The number of nitrogens with one attached hydrogen (secondary N) is 1. The minimum atomic E-state index is -0.603. The van der Waals surface area contributed by atoms with Crippen LogP contribution in [-0.4, -0.2) is 35.5 Å². The summed E-state index contributed by atoms with van der Waals surface area (Å²) in [7, 11) is 1.72. The van der Waals surface area contributed by atoms with Crippen LogP contribution in [0.1, 0.15) is 38.3 Å². The first kappa shape index (κ1) is 18.6. The summed E-state index contributed by atoms with van der Waals surface area (Å²) < 4.78 is 10.9. The van der Waals surface area contributed by atoms with Crippen LogP contribution in [0.3, 0.4) is 0 Å². The molecule has 0 fully saturated rings. The van der Waals surface area contributed by atoms with Gasteiger partial charge in [-0.3, -0.25) is 9.59 Å². The molecule has 0 aliphatic carbocycles. The predicted molar refractivity (Wildman–Crippen MR) is 112 cm³/mol. The van der Waals surface area contributed by atoms with Gasteiger partial charge in [0.2, 0.25) is 12.7 Å². The Hall–Kier alpha value is -3.39. The molecule has 2 aromatic carbocycles. The second kappa shape index (κ2) is 7.14. The van der Waals surface area contributed by atoms with Gasteiger partial charge in [0.05, 0.1) is 12.0 Å². The van der Waals surface area contributed by atoms with Gasteiger partial charge in [0, 0.05) is 23.7 Å². The van der Waals surface area contributed by atoms with E-state index in [-0.39, 0.29) is 18.6 Å². The molecule has 8 heteroatoms. The van der Waals surface area contributed by atoms with Gasteiger partial charge in [-0.25, -0.2) is 4.98 Å². The van der Waals surface area contributed by atoms with E-state index in [0.29, 0.717) is 27.8 Å². The third-order valence-corrected chi connectivity index (χ3v) is 6.28. The third kappa shape index (κ3) is 3.00. The summed E-state index contributed by atoms with van der Waals surface area (Å²) in [6.45, 7) is 2.10. The van der Waals surface area contributed by atoms with Crippen molar-refractivity contribution in [3.8, 4) is 11.5 Å². The van der Waals surface area contributed by atoms with Gasteiger partial charge < -0.3 is 19.7 Å². The van der Waals surface area contributed by atoms with Crippen molar-refractivity contribution in [2.24, 2.45) is 0 Å². The Morgan fingerprint density at radius 2 is 2.00 bits per heavy atom. The summed E-state index contributed by atoms with van der Waals surface area (Å²) in [4.78, 5) is 33.4. The number of ether oxygens (including phenoxy) is 2. The van der Waals surface area contributed by atoms with Gasteiger partial charge in [0.15, 0.2) is 16.6 Å². The van der Waals surface area contributed by atoms with Crippen molar-refractivity contribution in [1.29, 1.82) is 0 Å². The number of nitrogens with zero attached hydrogens (tertiary/aromatic N) is 2. The summed E-state index contributed by atoms with van der Waals surface area (Å²) in [5, 5.41) is 3.48. The Morgan fingerprint density at radius 1 is 1.20 bits per heavy atom. The summed E-state index contributed by atoms with van der Waals surface area (Å²) in [5.74, 6) is 0.333. The molecule has 2 aliphatic heterocycles. The highest BCUT2D eigenvalue weighted by Crippen LogP contribution is 2.45. The molecule has 1 aromatic heterocycles. The molecule has 5 rings (SSSR count). The number of thiazole rings is 1. The highest BCUT2D eigenvalue weighted by molar-refractivity contribution is 7.15. The zero-order valence-electron chi connectivity index (χ0n) is 16.4. The summed E-state index contributed by atoms with van der Waals surface area (Å²) in [6, 6.07) is 12.3. The second-order valence-electron chi connectivity index (χ2n) is 7.30. The summed E-state index contributed by atoms with van der Waals surface area (Å²) in [5.41, 5.74) is 2.04. The molecule has 7 nitrogen and oxygen atoms in total. The highest BCUT2D eigenvalue weighted by atomic mass is 32.1. The van der Waals surface area contributed by atoms with Gasteiger partial charge in [-0.05, 0) is 36.2 Å². The van der Waals surface area contributed by atoms with Crippen LogP contribution in [0, 0.1) is 6.92 Å². The average Bonchev–Trinajstić information content (AvgIpc) is 3.38. The molecular formula is C22H19N3O4S. The molecule has 2 aliphatic rings. The van der Waals surface area contributed by atoms with Crippen molar-refractivity contribution in [2.75, 3.05) is 19.2 Å². The number of carbonyl (C=O) groups is 2. The minimum absolute atomic E-state index is 0.123. The number of likely N-dealkylation sites (N-methyl/N-ethyl adjacent to an activating group) is 1. The van der Waals surface area contributed by atoms with Crippen LogP contribution in [0.25, 0.3) is 0 Å². The van der Waals surface area contributed by atoms with E-state index in [1.165, 1.54) is 11.3 Å². The zero-order chi connectivity index (χ0) is 20.8. The zero-order valence-corrected chi connectivity index (χ0v) is 17.2. The first-order valence-corrected chi connectivity index (χ1v) is 10.3. The van der Waals surface area contributed by atoms with Crippen LogP contribution in [0.4, 0.5) is 5.13 Å². The molecule has 0 saturated heterocycles. The number of hydrogen-bond donors (Lipinski definition) is 1. The van der Waals surface area contributed by atoms with Crippen LogP contribution in [0.15, 0.2) is 48.7 Å². The molecule has 2 atom stereocenters. The van der Waals surface area contributed by atoms with Gasteiger partial charge in [-0.2, -0.15) is 0 Å². The number of rotatable bonds is 3. The molecule has 2 amide bonds. The monoisotopic (exact) mass is 421 g/mol. The molecule has 3 heterocycles. The lowest BCUT2D eigenvalue weighted by Gasteiger charge is -2.39. The minimum Gasteiger partial charge on any atom is -0.454 e. The second-order valence-corrected chi connectivity index (χ2v) is 8.54. The highest BCUT2D eigenvalue weighted by Gasteiger charge is 2.43. The van der Waals surface area contributed by atoms with Gasteiger partial charge in [-0.1, -0.05) is 24.3 Å². The fraction of sp³-hybridized carbons (Fsp3) is 0.227. The van der Waals surface area contributed by atoms with E-state index in [0.717, 1.165) is 10.4 Å². The number of anilines is 1. The lowest BCUT2D eigenvalue weighted by atomic mass is 9.79. The standard InChI is InChI=1S/C22H19N3O4S/c1-12-10-23-22(30-12)24-20(26)18-14-5-3-4-6-15(14)21(27)25(2)19(18)13-7-8-16-17(9-13)29-11-28-16/h3-10,18-19H,11H2,1-2H3,(H,23,24,26)/t18-,19+/m1/s1. The van der Waals surface area contributed by atoms with Crippen LogP contribution >= 0.6 is 11.3 Å². The topological polar surface area (TPSA) is 80.8 Å². The fourth-order valence-corrected chi connectivity index (χ4v) is 4.73. The molecule has 30 heavy (non-hydrogen) atoms. The Balaban J connectivity index is 1.61. The SMILES string of the molecule is Cc1cnc(NC(=O)[C@@H]2c3ccccc3C(=O)N(C)[C@H]2c2ccc3c(c2)OCO3)s1. The average molecular weight is 421 g/mol. The number of carbonyl (C=O) groups excluding carboxylic acids is 2. The Kier molecular flexibility index (Phi) is 4.43. The predicted octanol–water partition coefficient (Wildman–Crippen LogP) is 3.73. The maximum absolute atomic E-state index is 13.5. The normalized spacial score (nSPS) is 19.5. The van der Waals surface area contributed by atoms with E-state index >= 15 is 0 Å². The summed E-state index contributed by atoms with van der Waals surface area (Å²) in [6.07, 6.45) is 1.72. The number of benzene rings is 2. The van der Waals surface area contributed by atoms with E-state index in [1.807, 2.05) is 43.3 Å². The van der Waals surface area contributed by atoms with E-state index < -0.39 is 12.0 Å². The number of fused-ring (bicyclic) bond motifs is 2. The quantitative estimate of drug-likeness (QED) is 0.697. The Labute approximate surface area is 177 Å². The van der Waals surface area contributed by atoms with Crippen LogP contribution in [0.2, 0.25) is 0 Å². The van der Waals surface area contributed by atoms with Crippen LogP contribution in [0.5, 0.6) is 11.5 Å². The first-order chi connectivity index (χ1) is 14.5. The van der Waals surface area contributed by atoms with E-state index in [4.69, 9.17) is 9.47 Å². The molecule has 1 N–H and O–H groups in total.